The minimum Gasteiger partial charge on any atom is -0.392 e. The number of hydrogen-bond donors (Lipinski definition) is 2. The van der Waals surface area contributed by atoms with Crippen LogP contribution in [-0.2, 0) is 14.3 Å². The Kier molecular flexibility index (Phi) is 25.0. The number of rotatable bonds is 18. The fourth-order valence-electron chi connectivity index (χ4n) is 2.95. The molecule has 0 aliphatic carbocycles. The molecule has 0 amide bonds. The molecule has 0 saturated carbocycles. The predicted molar refractivity (Wildman–Crippen MR) is 118 cm³/mol. The third kappa shape index (κ3) is 21.0. The van der Waals surface area contributed by atoms with Gasteiger partial charge in [-0.05, 0) is 6.42 Å². The SMILES string of the molecule is CCCCCCCCCCCCCCCCCC(=O)OC(=O)[C@@H](N)CS.[Na]. The van der Waals surface area contributed by atoms with Crippen molar-refractivity contribution >= 4 is 54.1 Å². The molecule has 0 rings (SSSR count). The summed E-state index contributed by atoms with van der Waals surface area (Å²) in [5, 5.41) is 0. The van der Waals surface area contributed by atoms with Crippen molar-refractivity contribution in [2.24, 2.45) is 5.73 Å². The monoisotopic (exact) mass is 410 g/mol. The third-order valence-corrected chi connectivity index (χ3v) is 5.09. The van der Waals surface area contributed by atoms with Crippen LogP contribution in [0.5, 0.6) is 0 Å². The number of esters is 2. The number of carbonyl (C=O) groups is 2. The summed E-state index contributed by atoms with van der Waals surface area (Å²) in [6, 6.07) is -0.816. The zero-order valence-corrected chi connectivity index (χ0v) is 20.7. The van der Waals surface area contributed by atoms with Gasteiger partial charge in [0.25, 0.3) is 0 Å². The zero-order chi connectivity index (χ0) is 19.5. The van der Waals surface area contributed by atoms with Crippen LogP contribution in [0.25, 0.3) is 0 Å². The molecule has 4 nitrogen and oxygen atoms in total. The van der Waals surface area contributed by atoms with Crippen LogP contribution in [0, 0.1) is 0 Å². The molecule has 0 bridgehead atoms. The van der Waals surface area contributed by atoms with E-state index in [1.54, 1.807) is 0 Å². The summed E-state index contributed by atoms with van der Waals surface area (Å²) in [4.78, 5) is 22.8. The minimum absolute atomic E-state index is 0. The molecule has 0 aromatic heterocycles. The molecule has 2 N–H and O–H groups in total. The van der Waals surface area contributed by atoms with Crippen molar-refractivity contribution in [3.8, 4) is 0 Å². The van der Waals surface area contributed by atoms with Gasteiger partial charge in [-0.25, -0.2) is 4.79 Å². The average molecular weight is 411 g/mol. The van der Waals surface area contributed by atoms with Gasteiger partial charge in [-0.2, -0.15) is 12.6 Å². The predicted octanol–water partition coefficient (Wildman–Crippen LogP) is 5.19. The van der Waals surface area contributed by atoms with Crippen LogP contribution in [0.1, 0.15) is 110 Å². The van der Waals surface area contributed by atoms with Crippen LogP contribution in [0.2, 0.25) is 0 Å². The summed E-state index contributed by atoms with van der Waals surface area (Å²) in [6.07, 6.45) is 19.6. The molecule has 27 heavy (non-hydrogen) atoms. The van der Waals surface area contributed by atoms with Gasteiger partial charge in [-0.3, -0.25) is 4.79 Å². The molecule has 0 aromatic carbocycles. The van der Waals surface area contributed by atoms with Crippen LogP contribution in [0.4, 0.5) is 0 Å². The van der Waals surface area contributed by atoms with Crippen molar-refractivity contribution in [2.75, 3.05) is 5.75 Å². The van der Waals surface area contributed by atoms with Crippen LogP contribution in [0.3, 0.4) is 0 Å². The van der Waals surface area contributed by atoms with Crippen LogP contribution >= 0.6 is 12.6 Å². The Morgan fingerprint density at radius 2 is 1.15 bits per heavy atom. The molecule has 1 radical (unpaired) electrons. The Morgan fingerprint density at radius 1 is 0.778 bits per heavy atom. The van der Waals surface area contributed by atoms with Gasteiger partial charge in [0.1, 0.15) is 6.04 Å². The molecule has 0 heterocycles. The van der Waals surface area contributed by atoms with Crippen molar-refractivity contribution in [3.63, 3.8) is 0 Å². The number of carbonyl (C=O) groups excluding carboxylic acids is 2. The van der Waals surface area contributed by atoms with Crippen molar-refractivity contribution in [2.45, 2.75) is 116 Å². The zero-order valence-electron chi connectivity index (χ0n) is 17.8. The van der Waals surface area contributed by atoms with E-state index in [1.165, 1.54) is 77.0 Å². The second-order valence-corrected chi connectivity index (χ2v) is 7.65. The first-order valence-corrected chi connectivity index (χ1v) is 11.4. The number of unbranched alkanes of at least 4 members (excludes halogenated alkanes) is 14. The second-order valence-electron chi connectivity index (χ2n) is 7.28. The molecule has 1 atom stereocenters. The molecule has 0 unspecified atom stereocenters. The topological polar surface area (TPSA) is 69.4 Å². The Balaban J connectivity index is 0. The molecule has 0 aliphatic rings. The molecular weight excluding hydrogens is 369 g/mol. The van der Waals surface area contributed by atoms with Crippen molar-refractivity contribution < 1.29 is 14.3 Å². The van der Waals surface area contributed by atoms with Gasteiger partial charge in [0.05, 0.1) is 0 Å². The number of hydrogen-bond acceptors (Lipinski definition) is 5. The second kappa shape index (κ2) is 22.7. The smallest absolute Gasteiger partial charge is 0.331 e. The summed E-state index contributed by atoms with van der Waals surface area (Å²) in [5.41, 5.74) is 5.45. The van der Waals surface area contributed by atoms with Crippen molar-refractivity contribution in [3.05, 3.63) is 0 Å². The number of ether oxygens (including phenoxy) is 1. The first kappa shape index (κ1) is 29.6. The largest absolute Gasteiger partial charge is 0.392 e. The average Bonchev–Trinajstić information content (AvgIpc) is 2.64. The first-order chi connectivity index (χ1) is 12.6. The van der Waals surface area contributed by atoms with Gasteiger partial charge < -0.3 is 10.5 Å². The molecule has 0 aliphatic heterocycles. The Morgan fingerprint density at radius 3 is 1.52 bits per heavy atom. The minimum atomic E-state index is -0.816. The van der Waals surface area contributed by atoms with Gasteiger partial charge in [-0.1, -0.05) is 96.8 Å². The van der Waals surface area contributed by atoms with Gasteiger partial charge in [0.2, 0.25) is 0 Å². The van der Waals surface area contributed by atoms with Crippen LogP contribution < -0.4 is 5.73 Å². The van der Waals surface area contributed by atoms with E-state index >= 15 is 0 Å². The third-order valence-electron chi connectivity index (χ3n) is 4.70. The fourth-order valence-corrected chi connectivity index (χ4v) is 3.10. The fraction of sp³-hybridized carbons (Fsp3) is 0.905. The Bertz CT molecular complexity index is 356. The van der Waals surface area contributed by atoms with Gasteiger partial charge in [0.15, 0.2) is 0 Å². The van der Waals surface area contributed by atoms with Gasteiger partial charge in [0, 0.05) is 41.7 Å². The van der Waals surface area contributed by atoms with Crippen LogP contribution in [-0.4, -0.2) is 53.3 Å². The van der Waals surface area contributed by atoms with Crippen molar-refractivity contribution in [1.82, 2.24) is 0 Å². The summed E-state index contributed by atoms with van der Waals surface area (Å²) in [6.45, 7) is 2.26. The molecular formula is C21H41NNaO3S. The van der Waals surface area contributed by atoms with E-state index in [9.17, 15) is 9.59 Å². The Hall–Kier alpha value is 0.450. The van der Waals surface area contributed by atoms with E-state index < -0.39 is 18.0 Å². The molecule has 155 valence electrons. The maximum absolute atomic E-state index is 11.5. The summed E-state index contributed by atoms with van der Waals surface area (Å²) in [7, 11) is 0. The standard InChI is InChI=1S/C21H41NO3S.Na/c1-2-3-4-5-6-7-8-9-10-11-12-13-14-15-16-17-20(23)25-21(24)19(22)18-26;/h19,26H,2-18,22H2,1H3;/t19-;/m0./s1. The van der Waals surface area contributed by atoms with E-state index in [0.717, 1.165) is 19.3 Å². The molecule has 0 spiro atoms. The van der Waals surface area contributed by atoms with Gasteiger partial charge >= 0.3 is 11.9 Å². The van der Waals surface area contributed by atoms with E-state index in [4.69, 9.17) is 5.73 Å². The molecule has 0 saturated heterocycles. The normalized spacial score (nSPS) is 11.7. The maximum atomic E-state index is 11.5. The van der Waals surface area contributed by atoms with E-state index in [1.807, 2.05) is 0 Å². The maximum Gasteiger partial charge on any atom is 0.331 e. The molecule has 0 aromatic rings. The van der Waals surface area contributed by atoms with E-state index in [2.05, 4.69) is 24.3 Å². The Labute approximate surface area is 194 Å². The van der Waals surface area contributed by atoms with E-state index in [-0.39, 0.29) is 35.3 Å². The van der Waals surface area contributed by atoms with Crippen molar-refractivity contribution in [1.29, 1.82) is 0 Å². The van der Waals surface area contributed by atoms with E-state index in [0.29, 0.717) is 6.42 Å². The number of nitrogens with two attached hydrogens (primary N) is 1. The molecule has 6 heteroatoms. The first-order valence-electron chi connectivity index (χ1n) is 10.7. The quantitative estimate of drug-likeness (QED) is 0.107. The summed E-state index contributed by atoms with van der Waals surface area (Å²) >= 11 is 3.91. The number of thiol groups is 1. The summed E-state index contributed by atoms with van der Waals surface area (Å²) in [5.74, 6) is -0.960. The van der Waals surface area contributed by atoms with Crippen LogP contribution in [0.15, 0.2) is 0 Å². The van der Waals surface area contributed by atoms with Gasteiger partial charge in [-0.15, -0.1) is 0 Å². The molecule has 0 fully saturated rings. The summed E-state index contributed by atoms with van der Waals surface area (Å²) < 4.78 is 4.67.